The summed E-state index contributed by atoms with van der Waals surface area (Å²) in [6.07, 6.45) is -0.0117. The maximum Gasteiger partial charge on any atom is 0.352 e. The summed E-state index contributed by atoms with van der Waals surface area (Å²) in [6.45, 7) is 2.01. The molecule has 0 aromatic carbocycles. The molecular formula is C14H17N5O5S2. The molecule has 26 heavy (non-hydrogen) atoms. The van der Waals surface area contributed by atoms with E-state index in [0.717, 1.165) is 0 Å². The highest BCUT2D eigenvalue weighted by Crippen LogP contribution is 2.40. The highest BCUT2D eigenvalue weighted by molar-refractivity contribution is 8.01. The van der Waals surface area contributed by atoms with E-state index in [-0.39, 0.29) is 30.0 Å². The van der Waals surface area contributed by atoms with E-state index in [4.69, 9.17) is 10.5 Å². The van der Waals surface area contributed by atoms with Crippen LogP contribution in [0.25, 0.3) is 0 Å². The average Bonchev–Trinajstić information content (AvgIpc) is 3.05. The smallest absolute Gasteiger partial charge is 0.352 e. The zero-order valence-electron chi connectivity index (χ0n) is 13.8. The summed E-state index contributed by atoms with van der Waals surface area (Å²) in [5.74, 6) is -0.770. The number of carbonyl (C=O) groups is 3. The highest BCUT2D eigenvalue weighted by Gasteiger charge is 2.51. The van der Waals surface area contributed by atoms with E-state index in [1.165, 1.54) is 28.4 Å². The van der Waals surface area contributed by atoms with Gasteiger partial charge in [-0.15, -0.1) is 16.9 Å². The predicted molar refractivity (Wildman–Crippen MR) is 93.2 cm³/mol. The van der Waals surface area contributed by atoms with Crippen LogP contribution in [0.4, 0.5) is 0 Å². The van der Waals surface area contributed by atoms with Gasteiger partial charge in [0.1, 0.15) is 29.4 Å². The van der Waals surface area contributed by atoms with Gasteiger partial charge in [0.25, 0.3) is 0 Å². The van der Waals surface area contributed by atoms with E-state index >= 15 is 0 Å². The number of carboxylic acids is 1. The molecule has 3 heterocycles. The number of nitrogens with one attached hydrogen (secondary N) is 1. The Bertz CT molecular complexity index is 780. The Hall–Kier alpha value is -2.05. The van der Waals surface area contributed by atoms with Crippen LogP contribution in [0.2, 0.25) is 0 Å². The maximum absolute atomic E-state index is 11.9. The topological polar surface area (TPSA) is 151 Å². The lowest BCUT2D eigenvalue weighted by Crippen LogP contribution is -2.68. The van der Waals surface area contributed by atoms with E-state index < -0.39 is 18.0 Å². The number of aromatic amines is 1. The second-order valence-electron chi connectivity index (χ2n) is 5.53. The van der Waals surface area contributed by atoms with Crippen molar-refractivity contribution in [3.8, 4) is 0 Å². The second kappa shape index (κ2) is 7.68. The Kier molecular flexibility index (Phi) is 5.53. The number of aromatic nitrogens is 3. The van der Waals surface area contributed by atoms with Crippen molar-refractivity contribution in [2.24, 2.45) is 5.73 Å². The van der Waals surface area contributed by atoms with Crippen molar-refractivity contribution in [1.29, 1.82) is 0 Å². The SMILES string of the molecule is CCOC(=O)Cc1nc(SCC2=C(C(=O)O)N3C(=O)C(N)[C@H]3SC2)n[nH]1. The fourth-order valence-corrected chi connectivity index (χ4v) is 4.86. The number of hydrogen-bond donors (Lipinski definition) is 3. The van der Waals surface area contributed by atoms with Gasteiger partial charge in [0.15, 0.2) is 0 Å². The molecule has 2 aliphatic rings. The second-order valence-corrected chi connectivity index (χ2v) is 7.58. The average molecular weight is 399 g/mol. The molecule has 1 aromatic heterocycles. The van der Waals surface area contributed by atoms with Gasteiger partial charge in [0, 0.05) is 11.5 Å². The number of fused-ring (bicyclic) bond motifs is 1. The summed E-state index contributed by atoms with van der Waals surface area (Å²) in [5.41, 5.74) is 6.33. The zero-order valence-corrected chi connectivity index (χ0v) is 15.4. The molecule has 4 N–H and O–H groups in total. The normalized spacial score (nSPS) is 22.1. The number of aliphatic carboxylic acids is 1. The Morgan fingerprint density at radius 2 is 2.31 bits per heavy atom. The standard InChI is InChI=1S/C14H17N5O5S2/c1-2-24-8(20)3-7-16-14(18-17-7)26-5-6-4-25-12-9(15)11(21)19(12)10(6)13(22)23/h9,12H,2-5,15H2,1H3,(H,22,23)(H,16,17,18)/t9?,12-/m1/s1. The number of H-pyrrole nitrogens is 1. The summed E-state index contributed by atoms with van der Waals surface area (Å²) >= 11 is 2.67. The molecule has 1 amide bonds. The number of rotatable bonds is 7. The quantitative estimate of drug-likeness (QED) is 0.313. The van der Waals surface area contributed by atoms with Gasteiger partial charge in [0.2, 0.25) is 11.1 Å². The van der Waals surface area contributed by atoms with Gasteiger partial charge in [-0.3, -0.25) is 19.6 Å². The third-order valence-electron chi connectivity index (χ3n) is 3.79. The molecule has 0 spiro atoms. The minimum atomic E-state index is -1.15. The van der Waals surface area contributed by atoms with Crippen LogP contribution in [-0.4, -0.2) is 72.6 Å². The number of amides is 1. The molecule has 140 valence electrons. The third kappa shape index (κ3) is 3.57. The van der Waals surface area contributed by atoms with Crippen molar-refractivity contribution in [1.82, 2.24) is 20.1 Å². The van der Waals surface area contributed by atoms with Gasteiger partial charge in [-0.05, 0) is 12.5 Å². The van der Waals surface area contributed by atoms with Gasteiger partial charge < -0.3 is 15.6 Å². The van der Waals surface area contributed by atoms with Crippen LogP contribution in [0.1, 0.15) is 12.7 Å². The van der Waals surface area contributed by atoms with E-state index in [1.807, 2.05) is 0 Å². The van der Waals surface area contributed by atoms with Crippen LogP contribution in [0.15, 0.2) is 16.4 Å². The van der Waals surface area contributed by atoms with Gasteiger partial charge in [-0.25, -0.2) is 9.78 Å². The molecule has 0 radical (unpaired) electrons. The van der Waals surface area contributed by atoms with E-state index in [1.54, 1.807) is 6.92 Å². The van der Waals surface area contributed by atoms with Crippen LogP contribution in [-0.2, 0) is 25.5 Å². The van der Waals surface area contributed by atoms with Crippen molar-refractivity contribution < 1.29 is 24.2 Å². The number of carbonyl (C=O) groups excluding carboxylic acids is 2. The zero-order chi connectivity index (χ0) is 18.8. The first-order valence-electron chi connectivity index (χ1n) is 7.77. The van der Waals surface area contributed by atoms with E-state index in [0.29, 0.717) is 28.1 Å². The largest absolute Gasteiger partial charge is 0.477 e. The van der Waals surface area contributed by atoms with Crippen molar-refractivity contribution >= 4 is 41.4 Å². The van der Waals surface area contributed by atoms with Crippen LogP contribution in [0.5, 0.6) is 0 Å². The number of ether oxygens (including phenoxy) is 1. The van der Waals surface area contributed by atoms with Crippen LogP contribution < -0.4 is 5.73 Å². The number of nitrogens with two attached hydrogens (primary N) is 1. The summed E-state index contributed by atoms with van der Waals surface area (Å²) in [7, 11) is 0. The lowest BCUT2D eigenvalue weighted by atomic mass is 10.0. The van der Waals surface area contributed by atoms with Crippen LogP contribution >= 0.6 is 23.5 Å². The number of esters is 1. The van der Waals surface area contributed by atoms with Gasteiger partial charge in [-0.2, -0.15) is 0 Å². The first-order chi connectivity index (χ1) is 12.4. The maximum atomic E-state index is 11.9. The molecule has 3 rings (SSSR count). The molecular weight excluding hydrogens is 382 g/mol. The van der Waals surface area contributed by atoms with Crippen molar-refractivity contribution in [3.05, 3.63) is 17.1 Å². The van der Waals surface area contributed by atoms with Crippen molar-refractivity contribution in [2.75, 3.05) is 18.1 Å². The monoisotopic (exact) mass is 399 g/mol. The molecule has 2 atom stereocenters. The Balaban J connectivity index is 1.67. The molecule has 0 saturated carbocycles. The van der Waals surface area contributed by atoms with Gasteiger partial charge >= 0.3 is 11.9 Å². The predicted octanol–water partition coefficient (Wildman–Crippen LogP) is -0.416. The lowest BCUT2D eigenvalue weighted by Gasteiger charge is -2.48. The fraction of sp³-hybridized carbons (Fsp3) is 0.500. The molecule has 0 bridgehead atoms. The summed E-state index contributed by atoms with van der Waals surface area (Å²) in [4.78, 5) is 40.4. The van der Waals surface area contributed by atoms with Gasteiger partial charge in [-0.1, -0.05) is 11.8 Å². The Morgan fingerprint density at radius 1 is 1.54 bits per heavy atom. The van der Waals surface area contributed by atoms with Crippen LogP contribution in [0.3, 0.4) is 0 Å². The highest BCUT2D eigenvalue weighted by atomic mass is 32.2. The van der Waals surface area contributed by atoms with E-state index in [9.17, 15) is 19.5 Å². The summed E-state index contributed by atoms with van der Waals surface area (Å²) < 4.78 is 4.84. The molecule has 1 fully saturated rings. The Morgan fingerprint density at radius 3 is 3.00 bits per heavy atom. The minimum Gasteiger partial charge on any atom is -0.477 e. The number of hydrogen-bond acceptors (Lipinski definition) is 9. The van der Waals surface area contributed by atoms with Crippen molar-refractivity contribution in [2.45, 2.75) is 29.9 Å². The molecule has 1 unspecified atom stereocenters. The summed E-state index contributed by atoms with van der Waals surface area (Å²) in [6, 6.07) is -0.651. The number of carboxylic acid groups (broad SMARTS) is 1. The molecule has 2 aliphatic heterocycles. The third-order valence-corrected chi connectivity index (χ3v) is 6.09. The Labute approximate surface area is 156 Å². The molecule has 10 nitrogen and oxygen atoms in total. The van der Waals surface area contributed by atoms with Crippen LogP contribution in [0, 0.1) is 0 Å². The summed E-state index contributed by atoms with van der Waals surface area (Å²) in [5, 5.41) is 16.2. The van der Waals surface area contributed by atoms with Crippen molar-refractivity contribution in [3.63, 3.8) is 0 Å². The number of thioether (sulfide) groups is 2. The lowest BCUT2D eigenvalue weighted by molar-refractivity contribution is -0.147. The molecule has 1 aromatic rings. The first kappa shape index (κ1) is 18.7. The first-order valence-corrected chi connectivity index (χ1v) is 9.81. The number of nitrogens with zero attached hydrogens (tertiary/aromatic N) is 3. The fourth-order valence-electron chi connectivity index (χ4n) is 2.61. The minimum absolute atomic E-state index is 0.00441. The molecule has 1 saturated heterocycles. The number of β-lactam (4-membered cyclic amide) rings is 1. The van der Waals surface area contributed by atoms with Gasteiger partial charge in [0.05, 0.1) is 6.61 Å². The molecule has 0 aliphatic carbocycles. The molecule has 12 heteroatoms. The van der Waals surface area contributed by atoms with E-state index in [2.05, 4.69) is 15.2 Å².